The molecular formula is C12H13NOS. The fourth-order valence-corrected chi connectivity index (χ4v) is 2.03. The summed E-state index contributed by atoms with van der Waals surface area (Å²) in [6, 6.07) is 9.63. The number of hydrogen-bond donors (Lipinski definition) is 1. The number of benzene rings is 1. The highest BCUT2D eigenvalue weighted by Gasteiger charge is 1.96. The lowest BCUT2D eigenvalue weighted by molar-refractivity contribution is 0.322. The molecule has 0 bridgehead atoms. The van der Waals surface area contributed by atoms with E-state index in [0.717, 1.165) is 17.9 Å². The van der Waals surface area contributed by atoms with Crippen molar-refractivity contribution in [2.45, 2.75) is 6.42 Å². The highest BCUT2D eigenvalue weighted by atomic mass is 32.1. The number of rotatable bonds is 4. The van der Waals surface area contributed by atoms with Crippen LogP contribution < -0.4 is 10.5 Å². The van der Waals surface area contributed by atoms with Gasteiger partial charge in [-0.15, -0.1) is 0 Å². The molecule has 2 N–H and O–H groups in total. The highest BCUT2D eigenvalue weighted by molar-refractivity contribution is 7.07. The molecule has 3 heteroatoms. The quantitative estimate of drug-likeness (QED) is 0.802. The van der Waals surface area contributed by atoms with Crippen LogP contribution in [0.25, 0.3) is 0 Å². The monoisotopic (exact) mass is 219 g/mol. The number of nitrogens with two attached hydrogens (primary N) is 1. The third-order valence-electron chi connectivity index (χ3n) is 2.10. The molecular weight excluding hydrogens is 206 g/mol. The molecule has 2 rings (SSSR count). The number of anilines is 1. The Hall–Kier alpha value is -1.48. The van der Waals surface area contributed by atoms with Crippen LogP contribution in [0.15, 0.2) is 41.1 Å². The van der Waals surface area contributed by atoms with E-state index in [2.05, 4.69) is 16.8 Å². The largest absolute Gasteiger partial charge is 0.493 e. The molecule has 0 spiro atoms. The second-order valence-electron chi connectivity index (χ2n) is 3.30. The van der Waals surface area contributed by atoms with Crippen molar-refractivity contribution in [1.82, 2.24) is 0 Å². The topological polar surface area (TPSA) is 35.2 Å². The Bertz CT molecular complexity index is 411. The van der Waals surface area contributed by atoms with Gasteiger partial charge in [0.15, 0.2) is 0 Å². The SMILES string of the molecule is Nc1cccc(OCCc2ccsc2)c1. The predicted molar refractivity (Wildman–Crippen MR) is 64.4 cm³/mol. The molecule has 0 aliphatic rings. The van der Waals surface area contributed by atoms with E-state index in [1.54, 1.807) is 11.3 Å². The average molecular weight is 219 g/mol. The molecule has 0 amide bonds. The van der Waals surface area contributed by atoms with E-state index < -0.39 is 0 Å². The summed E-state index contributed by atoms with van der Waals surface area (Å²) in [5.41, 5.74) is 7.71. The molecule has 0 radical (unpaired) electrons. The Labute approximate surface area is 93.3 Å². The van der Waals surface area contributed by atoms with Crippen molar-refractivity contribution in [2.75, 3.05) is 12.3 Å². The zero-order valence-electron chi connectivity index (χ0n) is 8.35. The van der Waals surface area contributed by atoms with Crippen molar-refractivity contribution in [3.8, 4) is 5.75 Å². The van der Waals surface area contributed by atoms with Crippen molar-refractivity contribution < 1.29 is 4.74 Å². The summed E-state index contributed by atoms with van der Waals surface area (Å²) in [7, 11) is 0. The lowest BCUT2D eigenvalue weighted by Crippen LogP contribution is -2.00. The first-order chi connectivity index (χ1) is 7.34. The second-order valence-corrected chi connectivity index (χ2v) is 4.08. The lowest BCUT2D eigenvalue weighted by atomic mass is 10.2. The van der Waals surface area contributed by atoms with Crippen LogP contribution in [0.5, 0.6) is 5.75 Å². The molecule has 0 saturated carbocycles. The van der Waals surface area contributed by atoms with Crippen molar-refractivity contribution in [1.29, 1.82) is 0 Å². The Morgan fingerprint density at radius 1 is 1.27 bits per heavy atom. The molecule has 0 aliphatic heterocycles. The third kappa shape index (κ3) is 2.99. The molecule has 0 aliphatic carbocycles. The van der Waals surface area contributed by atoms with Crippen LogP contribution in [-0.2, 0) is 6.42 Å². The van der Waals surface area contributed by atoms with Gasteiger partial charge in [0.25, 0.3) is 0 Å². The zero-order valence-corrected chi connectivity index (χ0v) is 9.17. The average Bonchev–Trinajstić information content (AvgIpc) is 2.71. The summed E-state index contributed by atoms with van der Waals surface area (Å²) in [6.07, 6.45) is 0.943. The zero-order chi connectivity index (χ0) is 10.5. The van der Waals surface area contributed by atoms with Crippen molar-refractivity contribution in [3.05, 3.63) is 46.7 Å². The molecule has 0 atom stereocenters. The Morgan fingerprint density at radius 2 is 2.20 bits per heavy atom. The van der Waals surface area contributed by atoms with Gasteiger partial charge in [-0.05, 0) is 34.5 Å². The smallest absolute Gasteiger partial charge is 0.121 e. The molecule has 2 aromatic rings. The number of nitrogen functional groups attached to an aromatic ring is 1. The Morgan fingerprint density at radius 3 is 2.93 bits per heavy atom. The molecule has 1 heterocycles. The number of hydrogen-bond acceptors (Lipinski definition) is 3. The first-order valence-electron chi connectivity index (χ1n) is 4.84. The van der Waals surface area contributed by atoms with E-state index in [4.69, 9.17) is 10.5 Å². The van der Waals surface area contributed by atoms with Crippen LogP contribution in [-0.4, -0.2) is 6.61 Å². The summed E-state index contributed by atoms with van der Waals surface area (Å²) in [5.74, 6) is 0.838. The standard InChI is InChI=1S/C12H13NOS/c13-11-2-1-3-12(8-11)14-6-4-10-5-7-15-9-10/h1-3,5,7-9H,4,6,13H2. The van der Waals surface area contributed by atoms with Crippen LogP contribution in [0.2, 0.25) is 0 Å². The summed E-state index contributed by atoms with van der Waals surface area (Å²) >= 11 is 1.71. The van der Waals surface area contributed by atoms with E-state index in [-0.39, 0.29) is 0 Å². The van der Waals surface area contributed by atoms with Crippen LogP contribution in [0.4, 0.5) is 5.69 Å². The second kappa shape index (κ2) is 4.84. The molecule has 0 fully saturated rings. The van der Waals surface area contributed by atoms with E-state index in [0.29, 0.717) is 6.61 Å². The third-order valence-corrected chi connectivity index (χ3v) is 2.83. The van der Waals surface area contributed by atoms with Gasteiger partial charge in [0, 0.05) is 18.2 Å². The fourth-order valence-electron chi connectivity index (χ4n) is 1.33. The minimum atomic E-state index is 0.695. The molecule has 15 heavy (non-hydrogen) atoms. The molecule has 1 aromatic heterocycles. The van der Waals surface area contributed by atoms with E-state index in [9.17, 15) is 0 Å². The summed E-state index contributed by atoms with van der Waals surface area (Å²) in [6.45, 7) is 0.695. The Kier molecular flexibility index (Phi) is 3.25. The lowest BCUT2D eigenvalue weighted by Gasteiger charge is -2.05. The van der Waals surface area contributed by atoms with E-state index in [1.807, 2.05) is 24.3 Å². The van der Waals surface area contributed by atoms with Gasteiger partial charge in [0.1, 0.15) is 5.75 Å². The van der Waals surface area contributed by atoms with Crippen LogP contribution in [0.1, 0.15) is 5.56 Å². The fraction of sp³-hybridized carbons (Fsp3) is 0.167. The molecule has 1 aromatic carbocycles. The van der Waals surface area contributed by atoms with Gasteiger partial charge >= 0.3 is 0 Å². The van der Waals surface area contributed by atoms with Crippen molar-refractivity contribution in [3.63, 3.8) is 0 Å². The molecule has 2 nitrogen and oxygen atoms in total. The molecule has 0 unspecified atom stereocenters. The maximum absolute atomic E-state index is 5.65. The normalized spacial score (nSPS) is 10.1. The minimum absolute atomic E-state index is 0.695. The van der Waals surface area contributed by atoms with E-state index in [1.165, 1.54) is 5.56 Å². The highest BCUT2D eigenvalue weighted by Crippen LogP contribution is 2.15. The number of thiophene rings is 1. The summed E-state index contributed by atoms with van der Waals surface area (Å²) in [4.78, 5) is 0. The summed E-state index contributed by atoms with van der Waals surface area (Å²) in [5, 5.41) is 4.22. The maximum Gasteiger partial charge on any atom is 0.121 e. The van der Waals surface area contributed by atoms with Crippen LogP contribution >= 0.6 is 11.3 Å². The van der Waals surface area contributed by atoms with Crippen LogP contribution in [0, 0.1) is 0 Å². The Balaban J connectivity index is 1.83. The molecule has 0 saturated heterocycles. The van der Waals surface area contributed by atoms with Gasteiger partial charge in [-0.25, -0.2) is 0 Å². The first-order valence-corrected chi connectivity index (χ1v) is 5.78. The minimum Gasteiger partial charge on any atom is -0.493 e. The van der Waals surface area contributed by atoms with Gasteiger partial charge in [-0.2, -0.15) is 11.3 Å². The van der Waals surface area contributed by atoms with Gasteiger partial charge in [0.2, 0.25) is 0 Å². The van der Waals surface area contributed by atoms with Crippen molar-refractivity contribution in [2.24, 2.45) is 0 Å². The van der Waals surface area contributed by atoms with Gasteiger partial charge < -0.3 is 10.5 Å². The van der Waals surface area contributed by atoms with Crippen molar-refractivity contribution >= 4 is 17.0 Å². The van der Waals surface area contributed by atoms with Crippen LogP contribution in [0.3, 0.4) is 0 Å². The molecule has 78 valence electrons. The van der Waals surface area contributed by atoms with Gasteiger partial charge in [-0.1, -0.05) is 6.07 Å². The first kappa shape index (κ1) is 10.1. The van der Waals surface area contributed by atoms with Gasteiger partial charge in [0.05, 0.1) is 6.61 Å². The van der Waals surface area contributed by atoms with E-state index >= 15 is 0 Å². The van der Waals surface area contributed by atoms with Gasteiger partial charge in [-0.3, -0.25) is 0 Å². The predicted octanol–water partition coefficient (Wildman–Crippen LogP) is 2.95. The maximum atomic E-state index is 5.65. The summed E-state index contributed by atoms with van der Waals surface area (Å²) < 4.78 is 5.58. The number of ether oxygens (including phenoxy) is 1.